The fourth-order valence-electron chi connectivity index (χ4n) is 3.20. The van der Waals surface area contributed by atoms with Gasteiger partial charge in [0.05, 0.1) is 5.25 Å². The van der Waals surface area contributed by atoms with Crippen LogP contribution in [0.4, 0.5) is 5.69 Å². The van der Waals surface area contributed by atoms with Gasteiger partial charge in [0.1, 0.15) is 0 Å². The topological polar surface area (TPSA) is 63.4 Å². The van der Waals surface area contributed by atoms with Gasteiger partial charge in [-0.15, -0.1) is 0 Å². The summed E-state index contributed by atoms with van der Waals surface area (Å²) in [4.78, 5) is 0. The second kappa shape index (κ2) is 4.80. The zero-order chi connectivity index (χ0) is 13.5. The van der Waals surface area contributed by atoms with Crippen molar-refractivity contribution in [3.63, 3.8) is 0 Å². The zero-order valence-corrected chi connectivity index (χ0v) is 11.8. The van der Waals surface area contributed by atoms with Crippen LogP contribution in [0, 0.1) is 0 Å². The first-order chi connectivity index (χ1) is 9.09. The lowest BCUT2D eigenvalue weighted by Gasteiger charge is -2.31. The van der Waals surface area contributed by atoms with Crippen molar-refractivity contribution in [3.8, 4) is 0 Å². The molecule has 0 amide bonds. The van der Waals surface area contributed by atoms with Gasteiger partial charge < -0.3 is 5.73 Å². The minimum absolute atomic E-state index is 0.168. The highest BCUT2D eigenvalue weighted by Gasteiger charge is 2.35. The molecule has 1 aliphatic carbocycles. The monoisotopic (exact) mass is 280 g/mol. The van der Waals surface area contributed by atoms with Gasteiger partial charge in [-0.05, 0) is 36.5 Å². The predicted molar refractivity (Wildman–Crippen MR) is 76.1 cm³/mol. The zero-order valence-electron chi connectivity index (χ0n) is 11.0. The van der Waals surface area contributed by atoms with Crippen molar-refractivity contribution in [2.45, 2.75) is 43.9 Å². The second-order valence-corrected chi connectivity index (χ2v) is 7.73. The molecule has 3 rings (SSSR count). The van der Waals surface area contributed by atoms with Crippen LogP contribution in [0.25, 0.3) is 0 Å². The van der Waals surface area contributed by atoms with Crippen LogP contribution >= 0.6 is 0 Å². The smallest absolute Gasteiger partial charge is 0.217 e. The van der Waals surface area contributed by atoms with Crippen LogP contribution in [-0.2, 0) is 23.0 Å². The SMILES string of the molecule is Nc1cccc2c1CN(S(=O)(=O)C1CCCC1)CC2. The Kier molecular flexibility index (Phi) is 3.27. The Morgan fingerprint density at radius 3 is 2.68 bits per heavy atom. The van der Waals surface area contributed by atoms with E-state index in [1.54, 1.807) is 4.31 Å². The van der Waals surface area contributed by atoms with E-state index in [-0.39, 0.29) is 5.25 Å². The van der Waals surface area contributed by atoms with Crippen molar-refractivity contribution in [3.05, 3.63) is 29.3 Å². The Balaban J connectivity index is 1.87. The van der Waals surface area contributed by atoms with Gasteiger partial charge in [-0.2, -0.15) is 4.31 Å². The summed E-state index contributed by atoms with van der Waals surface area (Å²) in [6.45, 7) is 1.04. The number of nitrogens with two attached hydrogens (primary N) is 1. The van der Waals surface area contributed by atoms with E-state index in [1.165, 1.54) is 5.56 Å². The Labute approximate surface area is 114 Å². The van der Waals surface area contributed by atoms with Gasteiger partial charge in [-0.3, -0.25) is 0 Å². The molecule has 19 heavy (non-hydrogen) atoms. The summed E-state index contributed by atoms with van der Waals surface area (Å²) >= 11 is 0. The Morgan fingerprint density at radius 2 is 1.95 bits per heavy atom. The van der Waals surface area contributed by atoms with Crippen LogP contribution in [0.5, 0.6) is 0 Å². The van der Waals surface area contributed by atoms with Crippen LogP contribution in [-0.4, -0.2) is 24.5 Å². The van der Waals surface area contributed by atoms with Crippen LogP contribution < -0.4 is 5.73 Å². The molecule has 0 unspecified atom stereocenters. The number of nitrogens with zero attached hydrogens (tertiary/aromatic N) is 1. The first kappa shape index (κ1) is 12.9. The van der Waals surface area contributed by atoms with Gasteiger partial charge in [0, 0.05) is 18.8 Å². The van der Waals surface area contributed by atoms with E-state index in [4.69, 9.17) is 5.73 Å². The molecule has 0 radical (unpaired) electrons. The number of nitrogen functional groups attached to an aromatic ring is 1. The lowest BCUT2D eigenvalue weighted by molar-refractivity contribution is 0.385. The van der Waals surface area contributed by atoms with E-state index in [2.05, 4.69) is 0 Å². The number of rotatable bonds is 2. The average Bonchev–Trinajstić information content (AvgIpc) is 2.93. The Bertz CT molecular complexity index is 577. The summed E-state index contributed by atoms with van der Waals surface area (Å²) in [5.74, 6) is 0. The minimum Gasteiger partial charge on any atom is -0.398 e. The standard InChI is InChI=1S/C14H20N2O2S/c15-14-7-3-4-11-8-9-16(10-13(11)14)19(17,18)12-5-1-2-6-12/h3-4,7,12H,1-2,5-6,8-10,15H2. The third kappa shape index (κ3) is 2.25. The molecule has 5 heteroatoms. The maximum Gasteiger partial charge on any atom is 0.217 e. The number of hydrogen-bond acceptors (Lipinski definition) is 3. The first-order valence-electron chi connectivity index (χ1n) is 6.94. The van der Waals surface area contributed by atoms with E-state index in [1.807, 2.05) is 18.2 Å². The lowest BCUT2D eigenvalue weighted by atomic mass is 10.00. The lowest BCUT2D eigenvalue weighted by Crippen LogP contribution is -2.41. The molecule has 0 bridgehead atoms. The van der Waals surface area contributed by atoms with Gasteiger partial charge in [-0.1, -0.05) is 25.0 Å². The average molecular weight is 280 g/mol. The predicted octanol–water partition coefficient (Wildman–Crippen LogP) is 1.90. The van der Waals surface area contributed by atoms with Gasteiger partial charge in [-0.25, -0.2) is 8.42 Å². The third-order valence-electron chi connectivity index (χ3n) is 4.36. The summed E-state index contributed by atoms with van der Waals surface area (Å²) in [6.07, 6.45) is 4.48. The van der Waals surface area contributed by atoms with Crippen LogP contribution in [0.15, 0.2) is 18.2 Å². The molecule has 2 N–H and O–H groups in total. The summed E-state index contributed by atoms with van der Waals surface area (Å²) < 4.78 is 26.8. The molecule has 1 heterocycles. The molecule has 1 saturated carbocycles. The normalized spacial score (nSPS) is 21.5. The Hall–Kier alpha value is -1.07. The molecule has 0 aromatic heterocycles. The Morgan fingerprint density at radius 1 is 1.21 bits per heavy atom. The largest absolute Gasteiger partial charge is 0.398 e. The molecule has 4 nitrogen and oxygen atoms in total. The summed E-state index contributed by atoms with van der Waals surface area (Å²) in [7, 11) is -3.14. The highest BCUT2D eigenvalue weighted by molar-refractivity contribution is 7.89. The van der Waals surface area contributed by atoms with Gasteiger partial charge in [0.15, 0.2) is 0 Å². The molecule has 104 valence electrons. The van der Waals surface area contributed by atoms with Gasteiger partial charge >= 0.3 is 0 Å². The fourth-order valence-corrected chi connectivity index (χ4v) is 5.20. The third-order valence-corrected chi connectivity index (χ3v) is 6.70. The number of benzene rings is 1. The molecule has 1 aromatic rings. The molecule has 0 spiro atoms. The minimum atomic E-state index is -3.14. The van der Waals surface area contributed by atoms with Gasteiger partial charge in [0.2, 0.25) is 10.0 Å². The number of sulfonamides is 1. The van der Waals surface area contributed by atoms with Crippen LogP contribution in [0.2, 0.25) is 0 Å². The number of hydrogen-bond donors (Lipinski definition) is 1. The molecular weight excluding hydrogens is 260 g/mol. The maximum absolute atomic E-state index is 12.6. The van der Waals surface area contributed by atoms with Crippen molar-refractivity contribution < 1.29 is 8.42 Å². The van der Waals surface area contributed by atoms with Crippen molar-refractivity contribution in [2.75, 3.05) is 12.3 Å². The van der Waals surface area contributed by atoms with E-state index >= 15 is 0 Å². The van der Waals surface area contributed by atoms with E-state index in [9.17, 15) is 8.42 Å². The van der Waals surface area contributed by atoms with Crippen LogP contribution in [0.3, 0.4) is 0 Å². The summed E-state index contributed by atoms with van der Waals surface area (Å²) in [5, 5.41) is -0.168. The van der Waals surface area contributed by atoms with Crippen molar-refractivity contribution >= 4 is 15.7 Å². The number of anilines is 1. The fraction of sp³-hybridized carbons (Fsp3) is 0.571. The maximum atomic E-state index is 12.6. The summed E-state index contributed by atoms with van der Waals surface area (Å²) in [5.41, 5.74) is 8.88. The molecule has 1 aromatic carbocycles. The first-order valence-corrected chi connectivity index (χ1v) is 8.44. The van der Waals surface area contributed by atoms with Crippen molar-refractivity contribution in [1.29, 1.82) is 0 Å². The highest BCUT2D eigenvalue weighted by Crippen LogP contribution is 2.31. The number of fused-ring (bicyclic) bond motifs is 1. The molecule has 0 saturated heterocycles. The van der Waals surface area contributed by atoms with E-state index in [0.717, 1.165) is 37.7 Å². The van der Waals surface area contributed by atoms with Crippen molar-refractivity contribution in [2.24, 2.45) is 0 Å². The molecular formula is C14H20N2O2S. The molecule has 1 aliphatic heterocycles. The quantitative estimate of drug-likeness (QED) is 0.842. The van der Waals surface area contributed by atoms with Gasteiger partial charge in [0.25, 0.3) is 0 Å². The molecule has 1 fully saturated rings. The highest BCUT2D eigenvalue weighted by atomic mass is 32.2. The molecule has 0 atom stereocenters. The van der Waals surface area contributed by atoms with E-state index < -0.39 is 10.0 Å². The van der Waals surface area contributed by atoms with Crippen LogP contribution in [0.1, 0.15) is 36.8 Å². The molecule has 2 aliphatic rings. The van der Waals surface area contributed by atoms with Crippen molar-refractivity contribution in [1.82, 2.24) is 4.31 Å². The van der Waals surface area contributed by atoms with E-state index in [0.29, 0.717) is 18.8 Å². The summed E-state index contributed by atoms with van der Waals surface area (Å²) in [6, 6.07) is 5.84. The second-order valence-electron chi connectivity index (χ2n) is 5.52.